The van der Waals surface area contributed by atoms with Crippen molar-refractivity contribution in [2.75, 3.05) is 20.2 Å². The maximum absolute atomic E-state index is 8.63. The van der Waals surface area contributed by atoms with E-state index in [9.17, 15) is 0 Å². The summed E-state index contributed by atoms with van der Waals surface area (Å²) in [5.41, 5.74) is 5.49. The molecule has 0 aromatic carbocycles. The zero-order chi connectivity index (χ0) is 11.5. The molecule has 0 aromatic rings. The molecule has 0 saturated carbocycles. The fraction of sp³-hybridized carbons (Fsp3) is 0.900. The number of nitrogens with zero attached hydrogens (tertiary/aromatic N) is 2. The Labute approximate surface area is 90.9 Å². The van der Waals surface area contributed by atoms with Gasteiger partial charge in [0.1, 0.15) is 0 Å². The Morgan fingerprint density at radius 3 is 2.87 bits per heavy atom. The molecule has 3 N–H and O–H groups in total. The molecule has 1 heterocycles. The predicted octanol–water partition coefficient (Wildman–Crippen LogP) is 0.622. The molecule has 1 fully saturated rings. The highest BCUT2D eigenvalue weighted by atomic mass is 16.5. The van der Waals surface area contributed by atoms with Crippen LogP contribution in [-0.4, -0.2) is 47.8 Å². The number of ether oxygens (including phenoxy) is 1. The average Bonchev–Trinajstić information content (AvgIpc) is 2.27. The number of amidine groups is 1. The molecule has 88 valence electrons. The van der Waals surface area contributed by atoms with Gasteiger partial charge in [-0.2, -0.15) is 0 Å². The van der Waals surface area contributed by atoms with E-state index in [2.05, 4.69) is 17.0 Å². The van der Waals surface area contributed by atoms with Crippen LogP contribution in [0, 0.1) is 0 Å². The lowest BCUT2D eigenvalue weighted by Gasteiger charge is -2.41. The topological polar surface area (TPSA) is 71.1 Å². The summed E-state index contributed by atoms with van der Waals surface area (Å²) < 4.78 is 5.49. The quantitative estimate of drug-likeness (QED) is 0.313. The molecular weight excluding hydrogens is 194 g/mol. The average molecular weight is 215 g/mol. The molecule has 1 aliphatic heterocycles. The van der Waals surface area contributed by atoms with E-state index in [1.807, 2.05) is 6.92 Å². The maximum atomic E-state index is 8.63. The standard InChI is InChI=1S/C10H21N3O2/c1-8(9(11)12-14)13-6-4-5-10(2,7-13)15-3/h8,14H,4-7H2,1-3H3,(H2,11,12). The van der Waals surface area contributed by atoms with Gasteiger partial charge in [0.15, 0.2) is 5.84 Å². The smallest absolute Gasteiger partial charge is 0.156 e. The predicted molar refractivity (Wildman–Crippen MR) is 59.1 cm³/mol. The van der Waals surface area contributed by atoms with Gasteiger partial charge in [0, 0.05) is 13.7 Å². The molecular formula is C10H21N3O2. The Morgan fingerprint density at radius 1 is 1.67 bits per heavy atom. The van der Waals surface area contributed by atoms with Crippen LogP contribution in [0.4, 0.5) is 0 Å². The number of piperidine rings is 1. The van der Waals surface area contributed by atoms with Crippen molar-refractivity contribution in [1.29, 1.82) is 0 Å². The molecule has 0 spiro atoms. The minimum absolute atomic E-state index is 0.0372. The van der Waals surface area contributed by atoms with Gasteiger partial charge in [-0.3, -0.25) is 4.90 Å². The second-order valence-corrected chi connectivity index (χ2v) is 4.43. The lowest BCUT2D eigenvalue weighted by Crippen LogP contribution is -2.53. The molecule has 0 amide bonds. The van der Waals surface area contributed by atoms with Gasteiger partial charge < -0.3 is 15.7 Å². The Balaban J connectivity index is 2.64. The van der Waals surface area contributed by atoms with E-state index < -0.39 is 0 Å². The van der Waals surface area contributed by atoms with Crippen LogP contribution in [-0.2, 0) is 4.74 Å². The summed E-state index contributed by atoms with van der Waals surface area (Å²) in [6.07, 6.45) is 2.14. The first-order chi connectivity index (χ1) is 7.02. The van der Waals surface area contributed by atoms with E-state index in [1.54, 1.807) is 7.11 Å². The number of methoxy groups -OCH3 is 1. The SMILES string of the molecule is COC1(C)CCCN(C(C)C(N)=NO)C1. The van der Waals surface area contributed by atoms with Gasteiger partial charge in [0.25, 0.3) is 0 Å². The van der Waals surface area contributed by atoms with Gasteiger partial charge in [-0.15, -0.1) is 0 Å². The van der Waals surface area contributed by atoms with E-state index in [4.69, 9.17) is 15.7 Å². The van der Waals surface area contributed by atoms with Crippen LogP contribution in [0.1, 0.15) is 26.7 Å². The third-order valence-electron chi connectivity index (χ3n) is 3.27. The van der Waals surface area contributed by atoms with Crippen LogP contribution in [0.5, 0.6) is 0 Å². The van der Waals surface area contributed by atoms with Crippen LogP contribution >= 0.6 is 0 Å². The van der Waals surface area contributed by atoms with Crippen molar-refractivity contribution in [2.45, 2.75) is 38.3 Å². The minimum atomic E-state index is -0.109. The van der Waals surface area contributed by atoms with Gasteiger partial charge >= 0.3 is 0 Å². The molecule has 2 unspecified atom stereocenters. The van der Waals surface area contributed by atoms with E-state index in [1.165, 1.54) is 0 Å². The number of hydrogen-bond acceptors (Lipinski definition) is 4. The van der Waals surface area contributed by atoms with Crippen LogP contribution in [0.3, 0.4) is 0 Å². The van der Waals surface area contributed by atoms with Crippen molar-refractivity contribution >= 4 is 5.84 Å². The van der Waals surface area contributed by atoms with Crippen LogP contribution in [0.15, 0.2) is 5.16 Å². The second-order valence-electron chi connectivity index (χ2n) is 4.43. The van der Waals surface area contributed by atoms with Crippen LogP contribution in [0.25, 0.3) is 0 Å². The first-order valence-electron chi connectivity index (χ1n) is 5.29. The molecule has 2 atom stereocenters. The van der Waals surface area contributed by atoms with Gasteiger partial charge in [0.2, 0.25) is 0 Å². The molecule has 0 aromatic heterocycles. The Kier molecular flexibility index (Phi) is 3.93. The summed E-state index contributed by atoms with van der Waals surface area (Å²) in [6.45, 7) is 5.83. The first kappa shape index (κ1) is 12.3. The largest absolute Gasteiger partial charge is 0.409 e. The van der Waals surface area contributed by atoms with Crippen molar-refractivity contribution in [1.82, 2.24) is 4.90 Å². The minimum Gasteiger partial charge on any atom is -0.409 e. The van der Waals surface area contributed by atoms with Gasteiger partial charge in [0.05, 0.1) is 11.6 Å². The normalized spacial score (nSPS) is 31.5. The van der Waals surface area contributed by atoms with Gasteiger partial charge in [-0.05, 0) is 33.2 Å². The summed E-state index contributed by atoms with van der Waals surface area (Å²) in [7, 11) is 1.73. The van der Waals surface area contributed by atoms with E-state index >= 15 is 0 Å². The lowest BCUT2D eigenvalue weighted by molar-refractivity contribution is -0.0540. The lowest BCUT2D eigenvalue weighted by atomic mass is 9.93. The number of oxime groups is 1. The number of nitrogens with two attached hydrogens (primary N) is 1. The van der Waals surface area contributed by atoms with Crippen molar-refractivity contribution in [3.63, 3.8) is 0 Å². The second kappa shape index (κ2) is 4.81. The van der Waals surface area contributed by atoms with E-state index in [-0.39, 0.29) is 17.5 Å². The van der Waals surface area contributed by atoms with E-state index in [0.717, 1.165) is 25.9 Å². The fourth-order valence-corrected chi connectivity index (χ4v) is 2.01. The molecule has 15 heavy (non-hydrogen) atoms. The van der Waals surface area contributed by atoms with Crippen LogP contribution < -0.4 is 5.73 Å². The third-order valence-corrected chi connectivity index (χ3v) is 3.27. The van der Waals surface area contributed by atoms with Crippen molar-refractivity contribution < 1.29 is 9.94 Å². The molecule has 0 bridgehead atoms. The molecule has 5 nitrogen and oxygen atoms in total. The molecule has 1 saturated heterocycles. The summed E-state index contributed by atoms with van der Waals surface area (Å²) in [5.74, 6) is 0.260. The number of rotatable bonds is 3. The highest BCUT2D eigenvalue weighted by Gasteiger charge is 2.33. The Hall–Kier alpha value is -0.810. The van der Waals surface area contributed by atoms with Crippen molar-refractivity contribution in [3.8, 4) is 0 Å². The highest BCUT2D eigenvalue weighted by Crippen LogP contribution is 2.25. The monoisotopic (exact) mass is 215 g/mol. The molecule has 1 rings (SSSR count). The summed E-state index contributed by atoms with van der Waals surface area (Å²) in [5, 5.41) is 11.7. The zero-order valence-electron chi connectivity index (χ0n) is 9.73. The summed E-state index contributed by atoms with van der Waals surface area (Å²) >= 11 is 0. The first-order valence-corrected chi connectivity index (χ1v) is 5.29. The molecule has 0 radical (unpaired) electrons. The van der Waals surface area contributed by atoms with Gasteiger partial charge in [-0.1, -0.05) is 5.16 Å². The summed E-state index contributed by atoms with van der Waals surface area (Å²) in [4.78, 5) is 2.18. The zero-order valence-corrected chi connectivity index (χ0v) is 9.73. The van der Waals surface area contributed by atoms with Gasteiger partial charge in [-0.25, -0.2) is 0 Å². The van der Waals surface area contributed by atoms with Crippen molar-refractivity contribution in [2.24, 2.45) is 10.9 Å². The highest BCUT2D eigenvalue weighted by molar-refractivity contribution is 5.84. The Morgan fingerprint density at radius 2 is 2.33 bits per heavy atom. The summed E-state index contributed by atoms with van der Waals surface area (Å²) in [6, 6.07) is -0.0372. The molecule has 0 aliphatic carbocycles. The molecule has 1 aliphatic rings. The molecule has 5 heteroatoms. The maximum Gasteiger partial charge on any atom is 0.156 e. The Bertz CT molecular complexity index is 245. The number of hydrogen-bond donors (Lipinski definition) is 2. The van der Waals surface area contributed by atoms with E-state index in [0.29, 0.717) is 0 Å². The third kappa shape index (κ3) is 2.82. The van der Waals surface area contributed by atoms with Crippen LogP contribution in [0.2, 0.25) is 0 Å². The fourth-order valence-electron chi connectivity index (χ4n) is 2.01. The van der Waals surface area contributed by atoms with Crippen molar-refractivity contribution in [3.05, 3.63) is 0 Å². The number of likely N-dealkylation sites (tertiary alicyclic amines) is 1.